The largest absolute Gasteiger partial charge is 0.378 e. The average Bonchev–Trinajstić information content (AvgIpc) is 2.49. The van der Waals surface area contributed by atoms with Gasteiger partial charge in [-0.3, -0.25) is 4.79 Å². The molecule has 21 heavy (non-hydrogen) atoms. The van der Waals surface area contributed by atoms with Crippen LogP contribution in [0.1, 0.15) is 23.2 Å². The van der Waals surface area contributed by atoms with Crippen LogP contribution in [0.3, 0.4) is 0 Å². The van der Waals surface area contributed by atoms with Crippen LogP contribution in [0.5, 0.6) is 0 Å². The molecule has 1 fully saturated rings. The van der Waals surface area contributed by atoms with Crippen LogP contribution in [-0.4, -0.2) is 57.1 Å². The highest BCUT2D eigenvalue weighted by Gasteiger charge is 2.20. The van der Waals surface area contributed by atoms with Crippen molar-refractivity contribution in [3.63, 3.8) is 0 Å². The predicted molar refractivity (Wildman–Crippen MR) is 86.8 cm³/mol. The molecule has 0 radical (unpaired) electrons. The first-order valence-electron chi connectivity index (χ1n) is 7.61. The zero-order valence-electron chi connectivity index (χ0n) is 13.0. The Labute approximate surface area is 127 Å². The lowest BCUT2D eigenvalue weighted by Gasteiger charge is -2.32. The molecule has 0 aromatic heterocycles. The molecule has 116 valence electrons. The van der Waals surface area contributed by atoms with Crippen LogP contribution in [0.15, 0.2) is 24.3 Å². The summed E-state index contributed by atoms with van der Waals surface area (Å²) in [4.78, 5) is 16.6. The van der Waals surface area contributed by atoms with Crippen LogP contribution in [0, 0.1) is 0 Å². The van der Waals surface area contributed by atoms with E-state index in [0.717, 1.165) is 43.7 Å². The Morgan fingerprint density at radius 2 is 1.90 bits per heavy atom. The summed E-state index contributed by atoms with van der Waals surface area (Å²) in [5, 5.41) is 3.14. The fourth-order valence-electron chi connectivity index (χ4n) is 2.66. The Bertz CT molecular complexity index is 450. The van der Waals surface area contributed by atoms with Gasteiger partial charge in [-0.05, 0) is 37.1 Å². The average molecular weight is 290 g/mol. The maximum atomic E-state index is 12.2. The molecular weight excluding hydrogens is 264 g/mol. The van der Waals surface area contributed by atoms with Crippen molar-refractivity contribution in [2.45, 2.75) is 18.9 Å². The van der Waals surface area contributed by atoms with Gasteiger partial charge in [-0.15, -0.1) is 0 Å². The van der Waals surface area contributed by atoms with Crippen molar-refractivity contribution in [1.29, 1.82) is 0 Å². The van der Waals surface area contributed by atoms with Gasteiger partial charge in [-0.1, -0.05) is 0 Å². The minimum atomic E-state index is 0.0255. The zero-order chi connectivity index (χ0) is 15.2. The molecule has 0 saturated carbocycles. The predicted octanol–water partition coefficient (Wildman–Crippen LogP) is 0.906. The van der Waals surface area contributed by atoms with Gasteiger partial charge in [-0.2, -0.15) is 0 Å². The summed E-state index contributed by atoms with van der Waals surface area (Å²) in [5.74, 6) is 0.0255. The van der Waals surface area contributed by atoms with Gasteiger partial charge >= 0.3 is 0 Å². The highest BCUT2D eigenvalue weighted by Crippen LogP contribution is 2.14. The number of likely N-dealkylation sites (tertiary alicyclic amines) is 1. The standard InChI is InChI=1S/C16H26N4O/c1-19(2)15-5-3-13(4-6-15)16(21)18-14-7-10-20(11-8-14)12-9-17/h3-6,14H,7-12,17H2,1-2H3,(H,18,21). The Morgan fingerprint density at radius 1 is 1.29 bits per heavy atom. The number of carbonyl (C=O) groups excluding carboxylic acids is 1. The lowest BCUT2D eigenvalue weighted by atomic mass is 10.0. The third-order valence-corrected chi connectivity index (χ3v) is 4.01. The van der Waals surface area contributed by atoms with Crippen LogP contribution in [0.2, 0.25) is 0 Å². The van der Waals surface area contributed by atoms with E-state index in [4.69, 9.17) is 5.73 Å². The van der Waals surface area contributed by atoms with Gasteiger partial charge < -0.3 is 20.9 Å². The summed E-state index contributed by atoms with van der Waals surface area (Å²) in [6.07, 6.45) is 2.00. The number of anilines is 1. The molecule has 5 heteroatoms. The van der Waals surface area contributed by atoms with Gasteiger partial charge in [0.25, 0.3) is 5.91 Å². The van der Waals surface area contributed by atoms with E-state index in [1.165, 1.54) is 0 Å². The lowest BCUT2D eigenvalue weighted by Crippen LogP contribution is -2.45. The van der Waals surface area contributed by atoms with E-state index in [2.05, 4.69) is 10.2 Å². The van der Waals surface area contributed by atoms with Crippen LogP contribution >= 0.6 is 0 Å². The van der Waals surface area contributed by atoms with E-state index in [1.54, 1.807) is 0 Å². The van der Waals surface area contributed by atoms with E-state index < -0.39 is 0 Å². The summed E-state index contributed by atoms with van der Waals surface area (Å²) in [6, 6.07) is 7.99. The molecule has 0 aliphatic carbocycles. The Kier molecular flexibility index (Phi) is 5.59. The third kappa shape index (κ3) is 4.44. The first-order chi connectivity index (χ1) is 10.1. The summed E-state index contributed by atoms with van der Waals surface area (Å²) < 4.78 is 0. The number of rotatable bonds is 5. The monoisotopic (exact) mass is 290 g/mol. The van der Waals surface area contributed by atoms with Crippen molar-refractivity contribution >= 4 is 11.6 Å². The smallest absolute Gasteiger partial charge is 0.251 e. The molecule has 5 nitrogen and oxygen atoms in total. The van der Waals surface area contributed by atoms with Gasteiger partial charge in [0.05, 0.1) is 0 Å². The third-order valence-electron chi connectivity index (χ3n) is 4.01. The summed E-state index contributed by atoms with van der Waals surface area (Å²) in [7, 11) is 3.98. The zero-order valence-corrected chi connectivity index (χ0v) is 13.0. The number of nitrogens with zero attached hydrogens (tertiary/aromatic N) is 2. The second-order valence-electron chi connectivity index (χ2n) is 5.82. The van der Waals surface area contributed by atoms with Gasteiger partial charge in [0.15, 0.2) is 0 Å². The molecule has 1 aliphatic rings. The molecule has 1 amide bonds. The molecule has 1 saturated heterocycles. The lowest BCUT2D eigenvalue weighted by molar-refractivity contribution is 0.0912. The number of piperidine rings is 1. The first-order valence-corrected chi connectivity index (χ1v) is 7.61. The normalized spacial score (nSPS) is 16.7. The Morgan fingerprint density at radius 3 is 2.43 bits per heavy atom. The van der Waals surface area contributed by atoms with Crippen LogP contribution in [0.4, 0.5) is 5.69 Å². The van der Waals surface area contributed by atoms with Crippen LogP contribution in [-0.2, 0) is 0 Å². The summed E-state index contributed by atoms with van der Waals surface area (Å²) >= 11 is 0. The molecule has 0 spiro atoms. The summed E-state index contributed by atoms with van der Waals surface area (Å²) in [6.45, 7) is 3.69. The molecule has 0 atom stereocenters. The molecular formula is C16H26N4O. The fraction of sp³-hybridized carbons (Fsp3) is 0.562. The van der Waals surface area contributed by atoms with E-state index in [0.29, 0.717) is 6.54 Å². The summed E-state index contributed by atoms with van der Waals surface area (Å²) in [5.41, 5.74) is 7.39. The van der Waals surface area contributed by atoms with Crippen molar-refractivity contribution in [3.05, 3.63) is 29.8 Å². The molecule has 0 bridgehead atoms. The molecule has 1 heterocycles. The van der Waals surface area contributed by atoms with Gasteiger partial charge in [0.2, 0.25) is 0 Å². The Hall–Kier alpha value is -1.59. The van der Waals surface area contributed by atoms with E-state index >= 15 is 0 Å². The topological polar surface area (TPSA) is 61.6 Å². The molecule has 1 aromatic rings. The van der Waals surface area contributed by atoms with Crippen molar-refractivity contribution < 1.29 is 4.79 Å². The number of hydrogen-bond donors (Lipinski definition) is 2. The van der Waals surface area contributed by atoms with Crippen LogP contribution < -0.4 is 16.0 Å². The number of carbonyl (C=O) groups is 1. The second kappa shape index (κ2) is 7.43. The van der Waals surface area contributed by atoms with Gasteiger partial charge in [-0.25, -0.2) is 0 Å². The van der Waals surface area contributed by atoms with E-state index in [-0.39, 0.29) is 11.9 Å². The molecule has 1 aliphatic heterocycles. The van der Waals surface area contributed by atoms with Crippen LogP contribution in [0.25, 0.3) is 0 Å². The van der Waals surface area contributed by atoms with Gasteiger partial charge in [0, 0.05) is 57.6 Å². The first kappa shape index (κ1) is 15.8. The SMILES string of the molecule is CN(C)c1ccc(C(=O)NC2CCN(CCN)CC2)cc1. The fourth-order valence-corrected chi connectivity index (χ4v) is 2.66. The van der Waals surface area contributed by atoms with Crippen molar-refractivity contribution in [1.82, 2.24) is 10.2 Å². The Balaban J connectivity index is 1.84. The van der Waals surface area contributed by atoms with E-state index in [9.17, 15) is 4.79 Å². The quantitative estimate of drug-likeness (QED) is 0.846. The number of amides is 1. The number of nitrogens with two attached hydrogens (primary N) is 1. The van der Waals surface area contributed by atoms with Crippen molar-refractivity contribution in [2.75, 3.05) is 45.2 Å². The minimum Gasteiger partial charge on any atom is -0.378 e. The number of hydrogen-bond acceptors (Lipinski definition) is 4. The highest BCUT2D eigenvalue weighted by molar-refractivity contribution is 5.94. The molecule has 1 aromatic carbocycles. The minimum absolute atomic E-state index is 0.0255. The maximum absolute atomic E-state index is 12.2. The molecule has 0 unspecified atom stereocenters. The molecule has 3 N–H and O–H groups in total. The highest BCUT2D eigenvalue weighted by atomic mass is 16.1. The van der Waals surface area contributed by atoms with Gasteiger partial charge in [0.1, 0.15) is 0 Å². The second-order valence-corrected chi connectivity index (χ2v) is 5.82. The number of nitrogens with one attached hydrogen (secondary N) is 1. The maximum Gasteiger partial charge on any atom is 0.251 e. The number of benzene rings is 1. The van der Waals surface area contributed by atoms with Crippen molar-refractivity contribution in [2.24, 2.45) is 5.73 Å². The molecule has 2 rings (SSSR count). The van der Waals surface area contributed by atoms with E-state index in [1.807, 2.05) is 43.3 Å². The van der Waals surface area contributed by atoms with Crippen molar-refractivity contribution in [3.8, 4) is 0 Å².